The first-order chi connectivity index (χ1) is 19.7. The number of nitrogens with one attached hydrogen (secondary N) is 2. The number of fused-ring (bicyclic) bond motifs is 4. The number of alkyl halides is 3. The minimum atomic E-state index is -5.26. The zero-order valence-electron chi connectivity index (χ0n) is 21.1. The Labute approximate surface area is 237 Å². The molecule has 3 amide bonds. The van der Waals surface area contributed by atoms with Gasteiger partial charge in [0.2, 0.25) is 5.60 Å². The van der Waals surface area contributed by atoms with Crippen molar-refractivity contribution in [3.63, 3.8) is 0 Å². The number of aromatic nitrogens is 2. The number of aryl methyl sites for hydroxylation is 1. The summed E-state index contributed by atoms with van der Waals surface area (Å²) in [5.74, 6) is -2.41. The molecule has 0 bridgehead atoms. The SMILES string of the molecule is [C-]#[N+]c1c2cc(NC(=O)N3C[C@@](O)(C(F)(F)F)c4cc(F)ccc43)c3c(c2nn1C)C(=O)N[C@H]3c1cc(F)ccc1Cl. The number of hydrogen-bond acceptors (Lipinski definition) is 4. The molecule has 3 aromatic carbocycles. The molecular weight excluding hydrogens is 587 g/mol. The molecule has 0 saturated heterocycles. The van der Waals surface area contributed by atoms with E-state index in [1.54, 1.807) is 0 Å². The Bertz CT molecular complexity index is 1900. The van der Waals surface area contributed by atoms with Gasteiger partial charge < -0.3 is 20.6 Å². The van der Waals surface area contributed by atoms with Gasteiger partial charge in [0.05, 0.1) is 30.9 Å². The number of anilines is 2. The highest BCUT2D eigenvalue weighted by molar-refractivity contribution is 6.31. The Balaban J connectivity index is 1.52. The highest BCUT2D eigenvalue weighted by Gasteiger charge is 2.61. The van der Waals surface area contributed by atoms with Crippen LogP contribution in [0.25, 0.3) is 15.7 Å². The second-order valence-corrected chi connectivity index (χ2v) is 10.2. The van der Waals surface area contributed by atoms with E-state index in [0.717, 1.165) is 24.3 Å². The number of β-amino-alcohol motifs (C(OH)–C–C–N with tert-alkyl or cyclic N) is 1. The van der Waals surface area contributed by atoms with E-state index in [-0.39, 0.29) is 44.1 Å². The number of nitrogens with zero attached hydrogens (tertiary/aromatic N) is 4. The van der Waals surface area contributed by atoms with Crippen molar-refractivity contribution in [1.29, 1.82) is 0 Å². The third kappa shape index (κ3) is 3.88. The van der Waals surface area contributed by atoms with Gasteiger partial charge in [-0.25, -0.2) is 13.6 Å². The molecule has 15 heteroatoms. The Hall–Kier alpha value is -4.74. The molecular formula is C27H16ClF5N6O3. The zero-order valence-corrected chi connectivity index (χ0v) is 21.9. The van der Waals surface area contributed by atoms with Crippen molar-refractivity contribution in [2.45, 2.75) is 17.8 Å². The zero-order chi connectivity index (χ0) is 30.3. The molecule has 4 aromatic rings. The van der Waals surface area contributed by atoms with Crippen LogP contribution in [-0.2, 0) is 12.6 Å². The molecule has 6 rings (SSSR count). The summed E-state index contributed by atoms with van der Waals surface area (Å²) in [6.07, 6.45) is -5.26. The summed E-state index contributed by atoms with van der Waals surface area (Å²) in [4.78, 5) is 30.9. The van der Waals surface area contributed by atoms with Crippen LogP contribution >= 0.6 is 11.6 Å². The van der Waals surface area contributed by atoms with Gasteiger partial charge in [-0.05, 0) is 42.5 Å². The number of amides is 3. The number of aliphatic hydroxyl groups is 1. The van der Waals surface area contributed by atoms with Crippen molar-refractivity contribution in [2.24, 2.45) is 7.05 Å². The molecule has 2 atom stereocenters. The van der Waals surface area contributed by atoms with Gasteiger partial charge in [0, 0.05) is 32.8 Å². The summed E-state index contributed by atoms with van der Waals surface area (Å²) in [6, 6.07) is 4.76. The van der Waals surface area contributed by atoms with Crippen LogP contribution in [0.1, 0.15) is 33.1 Å². The van der Waals surface area contributed by atoms with Gasteiger partial charge in [-0.15, -0.1) is 5.10 Å². The molecule has 9 nitrogen and oxygen atoms in total. The average molecular weight is 603 g/mol. The standard InChI is InChI=1S/C27H16ClF5N6O3/c1-34-23-14-9-17(35-25(41)39-10-26(42,27(31,32)33)15-8-12(30)4-6-18(15)39)19-20(22(14)37-38(23)2)24(40)36-21(19)13-7-11(29)3-5-16(13)28/h3-9,21,42H,10H2,2H3,(H,35,41)(H,36,40)/t21-,26-/m0/s1. The van der Waals surface area contributed by atoms with Gasteiger partial charge in [-0.1, -0.05) is 18.2 Å². The first-order valence-corrected chi connectivity index (χ1v) is 12.5. The van der Waals surface area contributed by atoms with Gasteiger partial charge >= 0.3 is 12.2 Å². The van der Waals surface area contributed by atoms with E-state index in [2.05, 4.69) is 20.6 Å². The van der Waals surface area contributed by atoms with Crippen LogP contribution in [-0.4, -0.2) is 39.5 Å². The maximum atomic E-state index is 14.2. The van der Waals surface area contributed by atoms with Crippen LogP contribution in [0, 0.1) is 18.2 Å². The number of carbonyl (C=O) groups excluding carboxylic acids is 2. The minimum absolute atomic E-state index is 0.00298. The Morgan fingerprint density at radius 1 is 1.21 bits per heavy atom. The van der Waals surface area contributed by atoms with Crippen LogP contribution in [0.5, 0.6) is 0 Å². The molecule has 3 N–H and O–H groups in total. The minimum Gasteiger partial charge on any atom is -0.375 e. The highest BCUT2D eigenvalue weighted by Crippen LogP contribution is 2.49. The number of hydrogen-bond donors (Lipinski definition) is 3. The average Bonchev–Trinajstić information content (AvgIpc) is 3.54. The molecule has 1 aromatic heterocycles. The number of carbonyl (C=O) groups is 2. The number of benzene rings is 3. The van der Waals surface area contributed by atoms with Crippen LogP contribution in [0.3, 0.4) is 0 Å². The maximum Gasteiger partial charge on any atom is 0.423 e. The molecule has 0 aliphatic carbocycles. The number of urea groups is 1. The summed E-state index contributed by atoms with van der Waals surface area (Å²) in [6.45, 7) is 6.26. The second-order valence-electron chi connectivity index (χ2n) is 9.78. The van der Waals surface area contributed by atoms with Crippen LogP contribution < -0.4 is 15.5 Å². The fourth-order valence-corrected chi connectivity index (χ4v) is 5.65. The Kier molecular flexibility index (Phi) is 5.96. The van der Waals surface area contributed by atoms with E-state index < -0.39 is 59.2 Å². The Morgan fingerprint density at radius 2 is 1.90 bits per heavy atom. The summed E-state index contributed by atoms with van der Waals surface area (Å²) in [5.41, 5.74) is -4.70. The molecule has 2 aliphatic heterocycles. The molecule has 0 saturated carbocycles. The van der Waals surface area contributed by atoms with Crippen molar-refractivity contribution < 1.29 is 36.6 Å². The molecule has 0 spiro atoms. The lowest BCUT2D eigenvalue weighted by molar-refractivity contribution is -0.258. The summed E-state index contributed by atoms with van der Waals surface area (Å²) in [5, 5.41) is 20.2. The predicted octanol–water partition coefficient (Wildman–Crippen LogP) is 5.69. The fraction of sp³-hybridized carbons (Fsp3) is 0.185. The lowest BCUT2D eigenvalue weighted by atomic mass is 9.94. The van der Waals surface area contributed by atoms with Crippen molar-refractivity contribution in [2.75, 3.05) is 16.8 Å². The van der Waals surface area contributed by atoms with E-state index in [4.69, 9.17) is 18.2 Å². The van der Waals surface area contributed by atoms with Crippen molar-refractivity contribution in [3.8, 4) is 0 Å². The van der Waals surface area contributed by atoms with E-state index in [1.807, 2.05) is 0 Å². The summed E-state index contributed by atoms with van der Waals surface area (Å²) < 4.78 is 71.3. The molecule has 42 heavy (non-hydrogen) atoms. The van der Waals surface area contributed by atoms with Crippen molar-refractivity contribution in [1.82, 2.24) is 15.1 Å². The van der Waals surface area contributed by atoms with E-state index >= 15 is 0 Å². The highest BCUT2D eigenvalue weighted by atomic mass is 35.5. The third-order valence-electron chi connectivity index (χ3n) is 7.34. The van der Waals surface area contributed by atoms with Crippen LogP contribution in [0.2, 0.25) is 5.02 Å². The topological polar surface area (TPSA) is 104 Å². The van der Waals surface area contributed by atoms with E-state index in [1.165, 1.54) is 23.9 Å². The lowest BCUT2D eigenvalue weighted by Crippen LogP contribution is -2.48. The largest absolute Gasteiger partial charge is 0.423 e. The predicted molar refractivity (Wildman–Crippen MR) is 140 cm³/mol. The molecule has 0 unspecified atom stereocenters. The molecule has 214 valence electrons. The van der Waals surface area contributed by atoms with Crippen molar-refractivity contribution >= 4 is 51.6 Å². The summed E-state index contributed by atoms with van der Waals surface area (Å²) >= 11 is 6.33. The van der Waals surface area contributed by atoms with Gasteiger partial charge in [0.15, 0.2) is 0 Å². The van der Waals surface area contributed by atoms with Crippen LogP contribution in [0.15, 0.2) is 42.5 Å². The Morgan fingerprint density at radius 3 is 2.60 bits per heavy atom. The lowest BCUT2D eigenvalue weighted by Gasteiger charge is -2.27. The third-order valence-corrected chi connectivity index (χ3v) is 7.69. The van der Waals surface area contributed by atoms with Gasteiger partial charge in [0.25, 0.3) is 11.7 Å². The van der Waals surface area contributed by atoms with E-state index in [0.29, 0.717) is 11.0 Å². The van der Waals surface area contributed by atoms with Crippen LogP contribution in [0.4, 0.5) is 43.9 Å². The first-order valence-electron chi connectivity index (χ1n) is 12.1. The quantitative estimate of drug-likeness (QED) is 0.203. The van der Waals surface area contributed by atoms with E-state index in [9.17, 15) is 36.6 Å². The smallest absolute Gasteiger partial charge is 0.375 e. The summed E-state index contributed by atoms with van der Waals surface area (Å²) in [7, 11) is 1.46. The molecule has 2 aliphatic rings. The fourth-order valence-electron chi connectivity index (χ4n) is 5.42. The normalized spacial score (nSPS) is 19.5. The van der Waals surface area contributed by atoms with Gasteiger partial charge in [-0.2, -0.15) is 17.9 Å². The first kappa shape index (κ1) is 27.4. The number of rotatable bonds is 2. The second kappa shape index (κ2) is 9.13. The van der Waals surface area contributed by atoms with Crippen molar-refractivity contribution in [3.05, 3.63) is 92.8 Å². The number of halogens is 6. The van der Waals surface area contributed by atoms with Gasteiger partial charge in [0.1, 0.15) is 17.2 Å². The van der Waals surface area contributed by atoms with Gasteiger partial charge in [-0.3, -0.25) is 9.69 Å². The maximum absolute atomic E-state index is 14.2. The molecule has 3 heterocycles. The molecule has 0 fully saturated rings. The monoisotopic (exact) mass is 602 g/mol. The molecule has 0 radical (unpaired) electrons.